The molecule has 0 amide bonds. The van der Waals surface area contributed by atoms with E-state index in [1.807, 2.05) is 12.3 Å². The van der Waals surface area contributed by atoms with Gasteiger partial charge in [0.25, 0.3) is 0 Å². The maximum atomic E-state index is 13.2. The zero-order chi connectivity index (χ0) is 13.1. The number of halogens is 2. The number of nitrogens with zero attached hydrogens (tertiary/aromatic N) is 2. The molecule has 0 spiro atoms. The molecule has 0 fully saturated rings. The molecular weight excluding hydrogens is 258 g/mol. The Morgan fingerprint density at radius 1 is 1.44 bits per heavy atom. The average Bonchev–Trinajstić information content (AvgIpc) is 2.75. The van der Waals surface area contributed by atoms with E-state index in [4.69, 9.17) is 5.73 Å². The summed E-state index contributed by atoms with van der Waals surface area (Å²) in [6.45, 7) is 1.86. The normalized spacial score (nSPS) is 11.1. The fourth-order valence-corrected chi connectivity index (χ4v) is 1.89. The summed E-state index contributed by atoms with van der Waals surface area (Å²) in [4.78, 5) is 4.12. The first-order valence-electron chi connectivity index (χ1n) is 5.02. The third-order valence-electron chi connectivity index (χ3n) is 2.15. The van der Waals surface area contributed by atoms with Gasteiger partial charge in [0.2, 0.25) is 5.13 Å². The molecule has 1 aromatic carbocycles. The van der Waals surface area contributed by atoms with Gasteiger partial charge in [0.15, 0.2) is 11.6 Å². The Morgan fingerprint density at radius 2 is 2.22 bits per heavy atom. The number of nitrogens with one attached hydrogen (secondary N) is 1. The van der Waals surface area contributed by atoms with Gasteiger partial charge in [0, 0.05) is 10.9 Å². The molecule has 0 unspecified atom stereocenters. The highest BCUT2D eigenvalue weighted by Crippen LogP contribution is 2.18. The van der Waals surface area contributed by atoms with Crippen LogP contribution in [0.4, 0.5) is 19.6 Å². The molecule has 0 atom stereocenters. The minimum Gasteiger partial charge on any atom is -0.396 e. The van der Waals surface area contributed by atoms with Gasteiger partial charge < -0.3 is 5.73 Å². The van der Waals surface area contributed by atoms with Crippen molar-refractivity contribution in [2.24, 2.45) is 5.10 Å². The van der Waals surface area contributed by atoms with Crippen molar-refractivity contribution in [3.8, 4) is 0 Å². The molecule has 0 aliphatic heterocycles. The fourth-order valence-electron chi connectivity index (χ4n) is 1.26. The topological polar surface area (TPSA) is 63.3 Å². The van der Waals surface area contributed by atoms with Gasteiger partial charge in [-0.1, -0.05) is 0 Å². The van der Waals surface area contributed by atoms with E-state index < -0.39 is 11.6 Å². The lowest BCUT2D eigenvalue weighted by Gasteiger charge is -2.01. The van der Waals surface area contributed by atoms with Crippen LogP contribution in [0.3, 0.4) is 0 Å². The molecule has 0 bridgehead atoms. The summed E-state index contributed by atoms with van der Waals surface area (Å²) >= 11 is 1.39. The first-order chi connectivity index (χ1) is 8.58. The van der Waals surface area contributed by atoms with Gasteiger partial charge in [-0.15, -0.1) is 11.3 Å². The van der Waals surface area contributed by atoms with Crippen LogP contribution in [0.2, 0.25) is 0 Å². The number of hydrogen-bond donors (Lipinski definition) is 2. The van der Waals surface area contributed by atoms with E-state index in [-0.39, 0.29) is 5.69 Å². The monoisotopic (exact) mass is 268 g/mol. The molecule has 0 radical (unpaired) electrons. The first kappa shape index (κ1) is 12.4. The van der Waals surface area contributed by atoms with Crippen LogP contribution in [0.25, 0.3) is 0 Å². The van der Waals surface area contributed by atoms with Crippen molar-refractivity contribution in [1.29, 1.82) is 0 Å². The Bertz CT molecular complexity index is 595. The highest BCUT2D eigenvalue weighted by atomic mass is 32.1. The van der Waals surface area contributed by atoms with E-state index in [0.717, 1.165) is 11.8 Å². The van der Waals surface area contributed by atoms with Crippen molar-refractivity contribution >= 4 is 28.4 Å². The summed E-state index contributed by atoms with van der Waals surface area (Å²) in [5.41, 5.74) is 9.01. The number of benzene rings is 1. The van der Waals surface area contributed by atoms with Crippen LogP contribution in [-0.4, -0.2) is 11.2 Å². The van der Waals surface area contributed by atoms with Crippen LogP contribution in [0.1, 0.15) is 11.3 Å². The van der Waals surface area contributed by atoms with Gasteiger partial charge in [-0.05, 0) is 19.1 Å². The van der Waals surface area contributed by atoms with E-state index in [0.29, 0.717) is 10.7 Å². The second kappa shape index (κ2) is 5.09. The number of aromatic nitrogens is 1. The Hall–Kier alpha value is -2.02. The summed E-state index contributed by atoms with van der Waals surface area (Å²) in [6, 6.07) is 2.35. The lowest BCUT2D eigenvalue weighted by molar-refractivity contribution is 0.512. The van der Waals surface area contributed by atoms with Crippen molar-refractivity contribution in [2.75, 3.05) is 11.2 Å². The van der Waals surface area contributed by atoms with Crippen LogP contribution in [0, 0.1) is 18.6 Å². The smallest absolute Gasteiger partial charge is 0.203 e. The minimum atomic E-state index is -1.07. The average molecular weight is 268 g/mol. The maximum absolute atomic E-state index is 13.2. The highest BCUT2D eigenvalue weighted by Gasteiger charge is 2.08. The number of hydrogen-bond acceptors (Lipinski definition) is 5. The van der Waals surface area contributed by atoms with E-state index in [1.54, 1.807) is 0 Å². The minimum absolute atomic E-state index is 0.268. The van der Waals surface area contributed by atoms with Crippen LogP contribution < -0.4 is 11.2 Å². The lowest BCUT2D eigenvalue weighted by Crippen LogP contribution is -2.00. The standard InChI is InChI=1S/C11H10F2N4S/c1-6-5-18-11(16-6)17-15-4-7-2-3-8(12)9(13)10(7)14/h2-5H,14H2,1H3,(H,16,17). The number of anilines is 2. The molecule has 2 rings (SSSR count). The summed E-state index contributed by atoms with van der Waals surface area (Å²) in [5.74, 6) is -2.04. The molecule has 94 valence electrons. The molecular formula is C11H10F2N4S. The number of nitrogens with two attached hydrogens (primary N) is 1. The van der Waals surface area contributed by atoms with Crippen LogP contribution >= 0.6 is 11.3 Å². The Morgan fingerprint density at radius 3 is 2.89 bits per heavy atom. The van der Waals surface area contributed by atoms with Crippen LogP contribution in [-0.2, 0) is 0 Å². The molecule has 0 saturated carbocycles. The number of hydrazone groups is 1. The predicted octanol–water partition coefficient (Wildman–Crippen LogP) is 2.76. The third-order valence-corrected chi connectivity index (χ3v) is 3.01. The molecule has 1 heterocycles. The summed E-state index contributed by atoms with van der Waals surface area (Å²) in [7, 11) is 0. The van der Waals surface area contributed by atoms with Crippen LogP contribution in [0.15, 0.2) is 22.6 Å². The number of rotatable bonds is 3. The molecule has 18 heavy (non-hydrogen) atoms. The zero-order valence-electron chi connectivity index (χ0n) is 9.45. The van der Waals surface area contributed by atoms with Gasteiger partial charge in [-0.3, -0.25) is 5.43 Å². The Labute approximate surface area is 106 Å². The highest BCUT2D eigenvalue weighted by molar-refractivity contribution is 7.13. The molecule has 0 saturated heterocycles. The second-order valence-electron chi connectivity index (χ2n) is 3.53. The van der Waals surface area contributed by atoms with Crippen molar-refractivity contribution in [3.05, 3.63) is 40.4 Å². The van der Waals surface area contributed by atoms with Gasteiger partial charge >= 0.3 is 0 Å². The molecule has 3 N–H and O–H groups in total. The van der Waals surface area contributed by atoms with Crippen molar-refractivity contribution in [1.82, 2.24) is 4.98 Å². The zero-order valence-corrected chi connectivity index (χ0v) is 10.3. The van der Waals surface area contributed by atoms with Crippen molar-refractivity contribution in [3.63, 3.8) is 0 Å². The molecule has 1 aromatic heterocycles. The predicted molar refractivity (Wildman–Crippen MR) is 68.8 cm³/mol. The SMILES string of the molecule is Cc1csc(NN=Cc2ccc(F)c(F)c2N)n1. The molecule has 2 aromatic rings. The first-order valence-corrected chi connectivity index (χ1v) is 5.90. The summed E-state index contributed by atoms with van der Waals surface area (Å²) < 4.78 is 26.0. The molecule has 7 heteroatoms. The lowest BCUT2D eigenvalue weighted by atomic mass is 10.2. The number of thiazole rings is 1. The maximum Gasteiger partial charge on any atom is 0.203 e. The molecule has 4 nitrogen and oxygen atoms in total. The van der Waals surface area contributed by atoms with E-state index >= 15 is 0 Å². The Kier molecular flexibility index (Phi) is 3.52. The third kappa shape index (κ3) is 2.62. The van der Waals surface area contributed by atoms with Crippen molar-refractivity contribution < 1.29 is 8.78 Å². The second-order valence-corrected chi connectivity index (χ2v) is 4.39. The number of aryl methyl sites for hydroxylation is 1. The van der Waals surface area contributed by atoms with E-state index in [1.165, 1.54) is 23.6 Å². The van der Waals surface area contributed by atoms with Crippen LogP contribution in [0.5, 0.6) is 0 Å². The van der Waals surface area contributed by atoms with E-state index in [9.17, 15) is 8.78 Å². The van der Waals surface area contributed by atoms with Gasteiger partial charge in [0.1, 0.15) is 0 Å². The van der Waals surface area contributed by atoms with Gasteiger partial charge in [0.05, 0.1) is 17.6 Å². The summed E-state index contributed by atoms with van der Waals surface area (Å²) in [6.07, 6.45) is 1.31. The molecule has 0 aliphatic rings. The Balaban J connectivity index is 2.12. The van der Waals surface area contributed by atoms with E-state index in [2.05, 4.69) is 15.5 Å². The quantitative estimate of drug-likeness (QED) is 0.511. The number of nitrogen functional groups attached to an aromatic ring is 1. The largest absolute Gasteiger partial charge is 0.396 e. The summed E-state index contributed by atoms with van der Waals surface area (Å²) in [5, 5.41) is 6.34. The fraction of sp³-hybridized carbons (Fsp3) is 0.0909. The molecule has 0 aliphatic carbocycles. The van der Waals surface area contributed by atoms with Gasteiger partial charge in [-0.25, -0.2) is 13.8 Å². The van der Waals surface area contributed by atoms with Gasteiger partial charge in [-0.2, -0.15) is 5.10 Å². The van der Waals surface area contributed by atoms with Crippen molar-refractivity contribution in [2.45, 2.75) is 6.92 Å².